The van der Waals surface area contributed by atoms with Crippen molar-refractivity contribution in [1.82, 2.24) is 0 Å². The molecular formula is C12H17NO. The summed E-state index contributed by atoms with van der Waals surface area (Å²) in [7, 11) is 1.70. The number of rotatable bonds is 3. The van der Waals surface area contributed by atoms with E-state index in [4.69, 9.17) is 10.1 Å². The molecule has 0 aliphatic rings. The van der Waals surface area contributed by atoms with Crippen molar-refractivity contribution in [3.63, 3.8) is 0 Å². The van der Waals surface area contributed by atoms with E-state index in [1.807, 2.05) is 6.92 Å². The zero-order valence-electron chi connectivity index (χ0n) is 9.27. The van der Waals surface area contributed by atoms with Crippen LogP contribution in [0.5, 0.6) is 0 Å². The van der Waals surface area contributed by atoms with Gasteiger partial charge in [-0.1, -0.05) is 6.07 Å². The van der Waals surface area contributed by atoms with Crippen LogP contribution in [0.4, 0.5) is 0 Å². The summed E-state index contributed by atoms with van der Waals surface area (Å²) in [6.45, 7) is 6.80. The average molecular weight is 191 g/mol. The zero-order valence-corrected chi connectivity index (χ0v) is 9.27. The molecule has 0 aromatic heterocycles. The van der Waals surface area contributed by atoms with Gasteiger partial charge in [0.25, 0.3) is 0 Å². The largest absolute Gasteiger partial charge is 0.380 e. The van der Waals surface area contributed by atoms with Gasteiger partial charge in [-0.3, -0.25) is 0 Å². The first-order valence-electron chi connectivity index (χ1n) is 4.71. The van der Waals surface area contributed by atoms with E-state index in [2.05, 4.69) is 19.9 Å². The predicted octanol–water partition coefficient (Wildman–Crippen LogP) is 2.76. The predicted molar refractivity (Wildman–Crippen MR) is 59.3 cm³/mol. The van der Waals surface area contributed by atoms with Crippen molar-refractivity contribution < 1.29 is 4.74 Å². The Morgan fingerprint density at radius 3 is 2.43 bits per heavy atom. The second-order valence-corrected chi connectivity index (χ2v) is 3.60. The SMILES string of the molecule is COCc1c(C)cc(C)c(C=N)c1C. The second kappa shape index (κ2) is 4.38. The highest BCUT2D eigenvalue weighted by Gasteiger charge is 2.08. The molecule has 0 fully saturated rings. The molecule has 0 bridgehead atoms. The molecular weight excluding hydrogens is 174 g/mol. The lowest BCUT2D eigenvalue weighted by atomic mass is 9.94. The van der Waals surface area contributed by atoms with Gasteiger partial charge in [-0.05, 0) is 48.6 Å². The Bertz CT molecular complexity index is 356. The highest BCUT2D eigenvalue weighted by molar-refractivity contribution is 5.82. The first-order valence-corrected chi connectivity index (χ1v) is 4.71. The van der Waals surface area contributed by atoms with Crippen LogP contribution < -0.4 is 0 Å². The lowest BCUT2D eigenvalue weighted by molar-refractivity contribution is 0.184. The fourth-order valence-corrected chi connectivity index (χ4v) is 1.83. The summed E-state index contributed by atoms with van der Waals surface area (Å²) in [5.41, 5.74) is 5.79. The Labute approximate surface area is 85.4 Å². The third kappa shape index (κ3) is 1.85. The van der Waals surface area contributed by atoms with Crippen LogP contribution in [0.15, 0.2) is 6.07 Å². The van der Waals surface area contributed by atoms with Gasteiger partial charge in [-0.2, -0.15) is 0 Å². The van der Waals surface area contributed by atoms with Crippen molar-refractivity contribution in [2.75, 3.05) is 7.11 Å². The smallest absolute Gasteiger partial charge is 0.0718 e. The summed E-state index contributed by atoms with van der Waals surface area (Å²) in [5.74, 6) is 0. The van der Waals surface area contributed by atoms with E-state index in [-0.39, 0.29) is 0 Å². The van der Waals surface area contributed by atoms with Crippen LogP contribution in [0.3, 0.4) is 0 Å². The molecule has 1 aromatic rings. The molecule has 0 heterocycles. The Kier molecular flexibility index (Phi) is 3.42. The molecule has 1 rings (SSSR count). The standard InChI is InChI=1S/C12H17NO/c1-8-5-9(2)12(7-14-4)10(3)11(8)6-13/h5-6,13H,7H2,1-4H3. The number of aryl methyl sites for hydroxylation is 2. The van der Waals surface area contributed by atoms with Crippen LogP contribution in [0.1, 0.15) is 27.8 Å². The minimum absolute atomic E-state index is 0.624. The number of methoxy groups -OCH3 is 1. The lowest BCUT2D eigenvalue weighted by Gasteiger charge is -2.13. The molecule has 1 aromatic carbocycles. The molecule has 0 amide bonds. The quantitative estimate of drug-likeness (QED) is 0.732. The third-order valence-corrected chi connectivity index (χ3v) is 2.62. The molecule has 1 N–H and O–H groups in total. The first-order chi connectivity index (χ1) is 6.61. The van der Waals surface area contributed by atoms with Gasteiger partial charge in [0.05, 0.1) is 6.61 Å². The summed E-state index contributed by atoms with van der Waals surface area (Å²) >= 11 is 0. The molecule has 0 unspecified atom stereocenters. The van der Waals surface area contributed by atoms with Crippen LogP contribution in [-0.2, 0) is 11.3 Å². The summed E-state index contributed by atoms with van der Waals surface area (Å²) in [6, 6.07) is 2.11. The maximum absolute atomic E-state index is 7.36. The molecule has 0 aliphatic heterocycles. The van der Waals surface area contributed by atoms with Gasteiger partial charge in [0.1, 0.15) is 0 Å². The van der Waals surface area contributed by atoms with Crippen molar-refractivity contribution in [3.8, 4) is 0 Å². The van der Waals surface area contributed by atoms with Gasteiger partial charge in [-0.15, -0.1) is 0 Å². The molecule has 76 valence electrons. The van der Waals surface area contributed by atoms with Crippen molar-refractivity contribution in [2.45, 2.75) is 27.4 Å². The van der Waals surface area contributed by atoms with Gasteiger partial charge in [0.2, 0.25) is 0 Å². The molecule has 14 heavy (non-hydrogen) atoms. The molecule has 0 aliphatic carbocycles. The van der Waals surface area contributed by atoms with E-state index < -0.39 is 0 Å². The van der Waals surface area contributed by atoms with Crippen LogP contribution >= 0.6 is 0 Å². The minimum atomic E-state index is 0.624. The maximum Gasteiger partial charge on any atom is 0.0718 e. The van der Waals surface area contributed by atoms with E-state index >= 15 is 0 Å². The van der Waals surface area contributed by atoms with Crippen LogP contribution in [0, 0.1) is 26.2 Å². The summed E-state index contributed by atoms with van der Waals surface area (Å²) < 4.78 is 5.15. The molecule has 2 heteroatoms. The number of hydrogen-bond donors (Lipinski definition) is 1. The van der Waals surface area contributed by atoms with Gasteiger partial charge >= 0.3 is 0 Å². The van der Waals surface area contributed by atoms with E-state index in [9.17, 15) is 0 Å². The fraction of sp³-hybridized carbons (Fsp3) is 0.417. The van der Waals surface area contributed by atoms with Gasteiger partial charge in [0, 0.05) is 13.3 Å². The Morgan fingerprint density at radius 2 is 1.93 bits per heavy atom. The summed E-state index contributed by atoms with van der Waals surface area (Å²) in [5, 5.41) is 7.36. The Hall–Kier alpha value is -1.15. The number of hydrogen-bond acceptors (Lipinski definition) is 2. The van der Waals surface area contributed by atoms with Crippen molar-refractivity contribution in [3.05, 3.63) is 33.9 Å². The molecule has 0 spiro atoms. The number of ether oxygens (including phenoxy) is 1. The van der Waals surface area contributed by atoms with E-state index in [0.717, 1.165) is 11.1 Å². The zero-order chi connectivity index (χ0) is 10.7. The topological polar surface area (TPSA) is 33.1 Å². The lowest BCUT2D eigenvalue weighted by Crippen LogP contribution is -2.02. The highest BCUT2D eigenvalue weighted by atomic mass is 16.5. The van der Waals surface area contributed by atoms with E-state index in [1.54, 1.807) is 7.11 Å². The van der Waals surface area contributed by atoms with Crippen molar-refractivity contribution in [2.24, 2.45) is 0 Å². The average Bonchev–Trinajstić information content (AvgIpc) is 2.12. The van der Waals surface area contributed by atoms with Gasteiger partial charge in [-0.25, -0.2) is 0 Å². The normalized spacial score (nSPS) is 10.3. The summed E-state index contributed by atoms with van der Waals surface area (Å²) in [6.07, 6.45) is 1.42. The molecule has 0 radical (unpaired) electrons. The molecule has 0 saturated heterocycles. The summed E-state index contributed by atoms with van der Waals surface area (Å²) in [4.78, 5) is 0. The van der Waals surface area contributed by atoms with Crippen LogP contribution in [0.2, 0.25) is 0 Å². The van der Waals surface area contributed by atoms with Crippen molar-refractivity contribution in [1.29, 1.82) is 5.41 Å². The third-order valence-electron chi connectivity index (χ3n) is 2.62. The highest BCUT2D eigenvalue weighted by Crippen LogP contribution is 2.21. The molecule has 2 nitrogen and oxygen atoms in total. The fourth-order valence-electron chi connectivity index (χ4n) is 1.83. The number of benzene rings is 1. The van der Waals surface area contributed by atoms with E-state index in [1.165, 1.54) is 22.9 Å². The monoisotopic (exact) mass is 191 g/mol. The Balaban J connectivity index is 3.35. The van der Waals surface area contributed by atoms with Gasteiger partial charge < -0.3 is 10.1 Å². The van der Waals surface area contributed by atoms with E-state index in [0.29, 0.717) is 6.61 Å². The first kappa shape index (κ1) is 10.9. The minimum Gasteiger partial charge on any atom is -0.380 e. The van der Waals surface area contributed by atoms with Crippen LogP contribution in [0.25, 0.3) is 0 Å². The number of nitrogens with one attached hydrogen (secondary N) is 1. The van der Waals surface area contributed by atoms with Gasteiger partial charge in [0.15, 0.2) is 0 Å². The van der Waals surface area contributed by atoms with Crippen molar-refractivity contribution >= 4 is 6.21 Å². The van der Waals surface area contributed by atoms with Crippen LogP contribution in [-0.4, -0.2) is 13.3 Å². The Morgan fingerprint density at radius 1 is 1.29 bits per heavy atom. The molecule has 0 atom stereocenters. The maximum atomic E-state index is 7.36. The second-order valence-electron chi connectivity index (χ2n) is 3.60. The molecule has 0 saturated carbocycles.